The SMILES string of the molecule is CCNC(=NCC(C)(C)N1CC(C)CC(C)C1)NCC1(CCO)CCOC1.I. The molecule has 2 aliphatic rings. The number of nitrogens with zero attached hydrogens (tertiary/aromatic N) is 2. The van der Waals surface area contributed by atoms with Crippen LogP contribution >= 0.6 is 24.0 Å². The van der Waals surface area contributed by atoms with Gasteiger partial charge in [0.2, 0.25) is 0 Å². The van der Waals surface area contributed by atoms with Gasteiger partial charge >= 0.3 is 0 Å². The number of aliphatic imine (C=N–C) groups is 1. The van der Waals surface area contributed by atoms with E-state index in [0.29, 0.717) is 0 Å². The van der Waals surface area contributed by atoms with Gasteiger partial charge in [-0.15, -0.1) is 24.0 Å². The van der Waals surface area contributed by atoms with Crippen LogP contribution in [-0.2, 0) is 4.74 Å². The maximum Gasteiger partial charge on any atom is 0.191 e. The van der Waals surface area contributed by atoms with Crippen LogP contribution in [0, 0.1) is 17.3 Å². The van der Waals surface area contributed by atoms with E-state index in [4.69, 9.17) is 9.73 Å². The number of hydrogen-bond acceptors (Lipinski definition) is 4. The first-order valence-corrected chi connectivity index (χ1v) is 10.8. The minimum absolute atomic E-state index is 0. The highest BCUT2D eigenvalue weighted by Crippen LogP contribution is 2.31. The molecular formula is C21H43IN4O2. The third-order valence-electron chi connectivity index (χ3n) is 6.15. The van der Waals surface area contributed by atoms with Crippen molar-refractivity contribution < 1.29 is 9.84 Å². The van der Waals surface area contributed by atoms with Crippen LogP contribution in [0.15, 0.2) is 4.99 Å². The molecule has 166 valence electrons. The molecule has 2 fully saturated rings. The summed E-state index contributed by atoms with van der Waals surface area (Å²) < 4.78 is 5.60. The van der Waals surface area contributed by atoms with Crippen LogP contribution in [0.4, 0.5) is 0 Å². The van der Waals surface area contributed by atoms with E-state index in [2.05, 4.69) is 50.2 Å². The Morgan fingerprint density at radius 2 is 1.93 bits per heavy atom. The van der Waals surface area contributed by atoms with E-state index in [1.165, 1.54) is 6.42 Å². The molecule has 0 bridgehead atoms. The lowest BCUT2D eigenvalue weighted by Crippen LogP contribution is -2.53. The second kappa shape index (κ2) is 11.9. The van der Waals surface area contributed by atoms with Crippen LogP contribution < -0.4 is 10.6 Å². The van der Waals surface area contributed by atoms with Crippen molar-refractivity contribution in [2.75, 3.05) is 52.5 Å². The molecule has 3 atom stereocenters. The van der Waals surface area contributed by atoms with Crippen molar-refractivity contribution in [1.82, 2.24) is 15.5 Å². The Balaban J connectivity index is 0.00000392. The molecule has 0 aromatic heterocycles. The first-order chi connectivity index (χ1) is 12.8. The fourth-order valence-corrected chi connectivity index (χ4v) is 4.45. The van der Waals surface area contributed by atoms with Gasteiger partial charge in [0.15, 0.2) is 5.96 Å². The largest absolute Gasteiger partial charge is 0.396 e. The van der Waals surface area contributed by atoms with Crippen molar-refractivity contribution in [1.29, 1.82) is 0 Å². The summed E-state index contributed by atoms with van der Waals surface area (Å²) in [6, 6.07) is 0. The standard InChI is InChI=1S/C21H42N4O2.HI/c1-6-22-19(24-15-21(7-9-26)8-10-27-16-21)23-14-20(4,5)25-12-17(2)11-18(3)13-25;/h17-18,26H,6-16H2,1-5H3,(H2,22,23,24);1H. The van der Waals surface area contributed by atoms with Gasteiger partial charge in [0.25, 0.3) is 0 Å². The zero-order valence-electron chi connectivity index (χ0n) is 18.6. The van der Waals surface area contributed by atoms with Crippen molar-refractivity contribution in [2.24, 2.45) is 22.2 Å². The van der Waals surface area contributed by atoms with E-state index in [9.17, 15) is 5.11 Å². The van der Waals surface area contributed by atoms with Crippen LogP contribution in [-0.4, -0.2) is 74.0 Å². The van der Waals surface area contributed by atoms with E-state index < -0.39 is 0 Å². The second-order valence-electron chi connectivity index (χ2n) is 9.49. The Bertz CT molecular complexity index is 471. The Morgan fingerprint density at radius 3 is 2.46 bits per heavy atom. The molecule has 28 heavy (non-hydrogen) atoms. The summed E-state index contributed by atoms with van der Waals surface area (Å²) in [5, 5.41) is 16.3. The van der Waals surface area contributed by atoms with Gasteiger partial charge in [-0.1, -0.05) is 13.8 Å². The van der Waals surface area contributed by atoms with E-state index in [1.807, 2.05) is 0 Å². The number of rotatable bonds is 8. The number of piperidine rings is 1. The smallest absolute Gasteiger partial charge is 0.191 e. The van der Waals surface area contributed by atoms with Gasteiger partial charge in [0.1, 0.15) is 0 Å². The third-order valence-corrected chi connectivity index (χ3v) is 6.15. The third kappa shape index (κ3) is 7.61. The topological polar surface area (TPSA) is 69.1 Å². The zero-order chi connectivity index (χ0) is 19.9. The highest BCUT2D eigenvalue weighted by atomic mass is 127. The molecule has 2 heterocycles. The first-order valence-electron chi connectivity index (χ1n) is 10.8. The van der Waals surface area contributed by atoms with E-state index >= 15 is 0 Å². The number of nitrogens with one attached hydrogen (secondary N) is 2. The molecule has 7 heteroatoms. The van der Waals surface area contributed by atoms with Gasteiger partial charge in [-0.25, -0.2) is 0 Å². The van der Waals surface area contributed by atoms with Crippen LogP contribution in [0.1, 0.15) is 53.9 Å². The highest BCUT2D eigenvalue weighted by molar-refractivity contribution is 14.0. The molecule has 0 aromatic rings. The molecule has 0 aliphatic carbocycles. The lowest BCUT2D eigenvalue weighted by molar-refractivity contribution is 0.0512. The molecule has 2 aliphatic heterocycles. The summed E-state index contributed by atoms with van der Waals surface area (Å²) in [6.07, 6.45) is 3.10. The molecule has 0 saturated carbocycles. The number of likely N-dealkylation sites (tertiary alicyclic amines) is 1. The van der Waals surface area contributed by atoms with Crippen molar-refractivity contribution >= 4 is 29.9 Å². The molecule has 3 unspecified atom stereocenters. The van der Waals surface area contributed by atoms with Crippen LogP contribution in [0.3, 0.4) is 0 Å². The number of ether oxygens (including phenoxy) is 1. The maximum absolute atomic E-state index is 9.42. The Hall–Kier alpha value is -0.120. The Labute approximate surface area is 189 Å². The lowest BCUT2D eigenvalue weighted by Gasteiger charge is -2.44. The van der Waals surface area contributed by atoms with Crippen molar-refractivity contribution in [3.8, 4) is 0 Å². The number of hydrogen-bond donors (Lipinski definition) is 3. The van der Waals surface area contributed by atoms with Crippen LogP contribution in [0.25, 0.3) is 0 Å². The predicted octanol–water partition coefficient (Wildman–Crippen LogP) is 2.71. The van der Waals surface area contributed by atoms with Crippen LogP contribution in [0.5, 0.6) is 0 Å². The number of aliphatic hydroxyl groups is 1. The predicted molar refractivity (Wildman–Crippen MR) is 128 cm³/mol. The molecule has 0 spiro atoms. The quantitative estimate of drug-likeness (QED) is 0.266. The fraction of sp³-hybridized carbons (Fsp3) is 0.952. The summed E-state index contributed by atoms with van der Waals surface area (Å²) in [5.41, 5.74) is 0.0722. The average Bonchev–Trinajstić information content (AvgIpc) is 3.06. The molecule has 0 aromatic carbocycles. The first kappa shape index (κ1) is 25.9. The van der Waals surface area contributed by atoms with E-state index in [1.54, 1.807) is 0 Å². The van der Waals surface area contributed by atoms with Crippen molar-refractivity contribution in [3.63, 3.8) is 0 Å². The van der Waals surface area contributed by atoms with Gasteiger partial charge in [-0.2, -0.15) is 0 Å². The number of halogens is 1. The summed E-state index contributed by atoms with van der Waals surface area (Å²) in [7, 11) is 0. The van der Waals surface area contributed by atoms with Crippen LogP contribution in [0.2, 0.25) is 0 Å². The Morgan fingerprint density at radius 1 is 1.25 bits per heavy atom. The lowest BCUT2D eigenvalue weighted by atomic mass is 9.84. The van der Waals surface area contributed by atoms with E-state index in [-0.39, 0.29) is 41.5 Å². The molecule has 2 rings (SSSR count). The molecule has 2 saturated heterocycles. The highest BCUT2D eigenvalue weighted by Gasteiger charge is 2.35. The number of aliphatic hydroxyl groups excluding tert-OH is 1. The second-order valence-corrected chi connectivity index (χ2v) is 9.49. The molecular weight excluding hydrogens is 467 g/mol. The van der Waals surface area contributed by atoms with Gasteiger partial charge < -0.3 is 20.5 Å². The van der Waals surface area contributed by atoms with Gasteiger partial charge in [-0.05, 0) is 51.9 Å². The van der Waals surface area contributed by atoms with Crippen molar-refractivity contribution in [2.45, 2.75) is 59.4 Å². The monoisotopic (exact) mass is 510 g/mol. The van der Waals surface area contributed by atoms with E-state index in [0.717, 1.165) is 76.6 Å². The summed E-state index contributed by atoms with van der Waals surface area (Å²) in [4.78, 5) is 7.52. The number of guanidine groups is 1. The van der Waals surface area contributed by atoms with Gasteiger partial charge in [0, 0.05) is 50.3 Å². The fourth-order valence-electron chi connectivity index (χ4n) is 4.45. The van der Waals surface area contributed by atoms with Gasteiger partial charge in [0.05, 0.1) is 13.2 Å². The van der Waals surface area contributed by atoms with Crippen molar-refractivity contribution in [3.05, 3.63) is 0 Å². The summed E-state index contributed by atoms with van der Waals surface area (Å²) in [6.45, 7) is 17.9. The molecule has 6 nitrogen and oxygen atoms in total. The average molecular weight is 511 g/mol. The normalized spacial score (nSPS) is 29.4. The molecule has 0 radical (unpaired) electrons. The molecule has 0 amide bonds. The maximum atomic E-state index is 9.42. The minimum Gasteiger partial charge on any atom is -0.396 e. The van der Waals surface area contributed by atoms with Gasteiger partial charge in [-0.3, -0.25) is 9.89 Å². The summed E-state index contributed by atoms with van der Waals surface area (Å²) in [5.74, 6) is 2.38. The minimum atomic E-state index is 0. The molecule has 3 N–H and O–H groups in total. The Kier molecular flexibility index (Phi) is 11.0. The summed E-state index contributed by atoms with van der Waals surface area (Å²) >= 11 is 0. The zero-order valence-corrected chi connectivity index (χ0v) is 20.9.